The first-order valence-electron chi connectivity index (χ1n) is 8.57. The molecule has 0 radical (unpaired) electrons. The second-order valence-electron chi connectivity index (χ2n) is 6.25. The number of thiol groups is 1. The van der Waals surface area contributed by atoms with Crippen molar-refractivity contribution in [3.8, 4) is 0 Å². The van der Waals surface area contributed by atoms with Gasteiger partial charge < -0.3 is 0 Å². The van der Waals surface area contributed by atoms with Crippen LogP contribution < -0.4 is 0 Å². The molecule has 0 N–H and O–H groups in total. The zero-order valence-corrected chi connectivity index (χ0v) is 14.5. The van der Waals surface area contributed by atoms with Gasteiger partial charge in [0.05, 0.1) is 5.41 Å². The zero-order valence-electron chi connectivity index (χ0n) is 13.6. The van der Waals surface area contributed by atoms with Crippen molar-refractivity contribution in [1.29, 1.82) is 0 Å². The molecule has 0 amide bonds. The van der Waals surface area contributed by atoms with Crippen LogP contribution in [0.2, 0.25) is 0 Å². The third-order valence-electron chi connectivity index (χ3n) is 4.32. The molecule has 0 bridgehead atoms. The summed E-state index contributed by atoms with van der Waals surface area (Å²) in [6, 6.07) is 0. The van der Waals surface area contributed by atoms with Crippen molar-refractivity contribution in [3.05, 3.63) is 0 Å². The van der Waals surface area contributed by atoms with Crippen LogP contribution in [0, 0.1) is 5.41 Å². The molecule has 128 valence electrons. The molecule has 0 aromatic rings. The van der Waals surface area contributed by atoms with Gasteiger partial charge in [-0.05, 0) is 6.42 Å². The first-order valence-corrected chi connectivity index (χ1v) is 9.08. The lowest BCUT2D eigenvalue weighted by Crippen LogP contribution is -2.33. The van der Waals surface area contributed by atoms with E-state index in [1.807, 2.05) is 0 Å². The normalized spacial score (nSPS) is 13.6. The number of hydrogen-bond donors (Lipinski definition) is 1. The fraction of sp³-hybridized carbons (Fsp3) is 1.00. The highest BCUT2D eigenvalue weighted by molar-refractivity contribution is 7.80. The second-order valence-corrected chi connectivity index (χ2v) is 6.70. The molecule has 1 unspecified atom stereocenters. The number of alkyl halides is 3. The molecule has 1 atom stereocenters. The summed E-state index contributed by atoms with van der Waals surface area (Å²) >= 11 is 3.60. The Bertz CT molecular complexity index is 218. The minimum atomic E-state index is -1.71. The summed E-state index contributed by atoms with van der Waals surface area (Å²) < 4.78 is 38.9. The van der Waals surface area contributed by atoms with Crippen LogP contribution in [0.25, 0.3) is 0 Å². The van der Waals surface area contributed by atoms with E-state index in [0.717, 1.165) is 12.8 Å². The molecule has 0 nitrogen and oxygen atoms in total. The molecule has 4 heteroatoms. The predicted octanol–water partition coefficient (Wildman–Crippen LogP) is 6.84. The van der Waals surface area contributed by atoms with Crippen molar-refractivity contribution in [3.63, 3.8) is 0 Å². The topological polar surface area (TPSA) is 0 Å². The zero-order chi connectivity index (χ0) is 16.0. The lowest BCUT2D eigenvalue weighted by Gasteiger charge is -2.28. The fourth-order valence-corrected chi connectivity index (χ4v) is 2.82. The van der Waals surface area contributed by atoms with E-state index in [9.17, 15) is 13.2 Å². The van der Waals surface area contributed by atoms with Crippen molar-refractivity contribution in [2.75, 3.05) is 13.3 Å². The van der Waals surface area contributed by atoms with E-state index in [0.29, 0.717) is 6.42 Å². The summed E-state index contributed by atoms with van der Waals surface area (Å²) in [6.07, 6.45) is 13.3. The van der Waals surface area contributed by atoms with Crippen LogP contribution in [-0.4, -0.2) is 18.9 Å². The maximum absolute atomic E-state index is 13.2. The summed E-state index contributed by atoms with van der Waals surface area (Å²) in [5.41, 5.74) is -3.22. The number of hydrogen-bond acceptors (Lipinski definition) is 1. The van der Waals surface area contributed by atoms with E-state index in [2.05, 4.69) is 19.6 Å². The highest BCUT2D eigenvalue weighted by Gasteiger charge is 2.37. The summed E-state index contributed by atoms with van der Waals surface area (Å²) in [4.78, 5) is 0. The van der Waals surface area contributed by atoms with E-state index in [4.69, 9.17) is 0 Å². The van der Waals surface area contributed by atoms with Gasteiger partial charge in [-0.15, -0.1) is 12.6 Å². The SMILES string of the molecule is CCCCCCCCCCCCCC(CF)(CF)C(F)S. The molecule has 0 aromatic carbocycles. The molecule has 0 fully saturated rings. The molecule has 0 aliphatic heterocycles. The maximum atomic E-state index is 13.2. The second kappa shape index (κ2) is 13.8. The van der Waals surface area contributed by atoms with Crippen LogP contribution >= 0.6 is 12.6 Å². The molecule has 0 spiro atoms. The molecule has 0 saturated carbocycles. The summed E-state index contributed by atoms with van der Waals surface area (Å²) in [5.74, 6) is 0. The molecule has 0 saturated heterocycles. The molecular weight excluding hydrogens is 293 g/mol. The Balaban J connectivity index is 3.46. The Labute approximate surface area is 134 Å². The van der Waals surface area contributed by atoms with Crippen LogP contribution in [0.1, 0.15) is 84.0 Å². The Morgan fingerprint density at radius 1 is 0.762 bits per heavy atom. The van der Waals surface area contributed by atoms with Gasteiger partial charge in [0.25, 0.3) is 0 Å². The summed E-state index contributed by atoms with van der Waals surface area (Å²) in [5, 5.41) is 0. The molecule has 0 aromatic heterocycles. The standard InChI is InChI=1S/C17H33F3S/c1-2-3-4-5-6-7-8-9-10-11-12-13-17(14-18,15-19)16(20)21/h16,21H,2-15H2,1H3. The third-order valence-corrected chi connectivity index (χ3v) is 4.86. The molecule has 0 aliphatic rings. The Kier molecular flexibility index (Phi) is 13.9. The minimum Gasteiger partial charge on any atom is -0.250 e. The smallest absolute Gasteiger partial charge is 0.153 e. The van der Waals surface area contributed by atoms with Gasteiger partial charge in [0, 0.05) is 0 Å². The van der Waals surface area contributed by atoms with Gasteiger partial charge >= 0.3 is 0 Å². The monoisotopic (exact) mass is 326 g/mol. The van der Waals surface area contributed by atoms with Gasteiger partial charge in [0.15, 0.2) is 5.50 Å². The number of rotatable bonds is 15. The van der Waals surface area contributed by atoms with Gasteiger partial charge in [-0.25, -0.2) is 4.39 Å². The predicted molar refractivity (Wildman–Crippen MR) is 89.3 cm³/mol. The average Bonchev–Trinajstić information content (AvgIpc) is 2.49. The van der Waals surface area contributed by atoms with Gasteiger partial charge in [-0.2, -0.15) is 0 Å². The molecule has 21 heavy (non-hydrogen) atoms. The van der Waals surface area contributed by atoms with Crippen molar-refractivity contribution in [2.24, 2.45) is 5.41 Å². The highest BCUT2D eigenvalue weighted by atomic mass is 32.1. The van der Waals surface area contributed by atoms with Gasteiger partial charge in [0.2, 0.25) is 0 Å². The molecule has 0 heterocycles. The lowest BCUT2D eigenvalue weighted by atomic mass is 9.86. The summed E-state index contributed by atoms with van der Waals surface area (Å²) in [6.45, 7) is 0.289. The van der Waals surface area contributed by atoms with Crippen molar-refractivity contribution < 1.29 is 13.2 Å². The highest BCUT2D eigenvalue weighted by Crippen LogP contribution is 2.34. The fourth-order valence-electron chi connectivity index (χ4n) is 2.56. The Morgan fingerprint density at radius 3 is 1.48 bits per heavy atom. The number of halogens is 3. The van der Waals surface area contributed by atoms with Gasteiger partial charge in [-0.1, -0.05) is 77.6 Å². The van der Waals surface area contributed by atoms with Gasteiger partial charge in [-0.3, -0.25) is 8.78 Å². The Hall–Kier alpha value is 0.140. The number of unbranched alkanes of at least 4 members (excludes halogenated alkanes) is 10. The third kappa shape index (κ3) is 9.70. The molecule has 0 rings (SSSR count). The molecular formula is C17H33F3S. The van der Waals surface area contributed by atoms with E-state index in [1.165, 1.54) is 51.4 Å². The van der Waals surface area contributed by atoms with Crippen LogP contribution in [0.3, 0.4) is 0 Å². The van der Waals surface area contributed by atoms with Crippen LogP contribution in [0.15, 0.2) is 0 Å². The van der Waals surface area contributed by atoms with Crippen molar-refractivity contribution >= 4 is 12.6 Å². The van der Waals surface area contributed by atoms with E-state index < -0.39 is 24.3 Å². The van der Waals surface area contributed by atoms with Crippen LogP contribution in [0.4, 0.5) is 13.2 Å². The quantitative estimate of drug-likeness (QED) is 0.247. The van der Waals surface area contributed by atoms with E-state index >= 15 is 0 Å². The van der Waals surface area contributed by atoms with Crippen molar-refractivity contribution in [2.45, 2.75) is 89.5 Å². The maximum Gasteiger partial charge on any atom is 0.153 e. The van der Waals surface area contributed by atoms with Crippen LogP contribution in [0.5, 0.6) is 0 Å². The van der Waals surface area contributed by atoms with E-state index in [1.54, 1.807) is 0 Å². The summed E-state index contributed by atoms with van der Waals surface area (Å²) in [7, 11) is 0. The average molecular weight is 327 g/mol. The first kappa shape index (κ1) is 21.1. The molecule has 0 aliphatic carbocycles. The van der Waals surface area contributed by atoms with E-state index in [-0.39, 0.29) is 6.42 Å². The van der Waals surface area contributed by atoms with Crippen LogP contribution in [-0.2, 0) is 0 Å². The van der Waals surface area contributed by atoms with Crippen molar-refractivity contribution in [1.82, 2.24) is 0 Å². The largest absolute Gasteiger partial charge is 0.250 e. The van der Waals surface area contributed by atoms with Gasteiger partial charge in [0.1, 0.15) is 13.3 Å². The Morgan fingerprint density at radius 2 is 1.14 bits per heavy atom. The minimum absolute atomic E-state index is 0.252. The lowest BCUT2D eigenvalue weighted by molar-refractivity contribution is 0.0817. The first-order chi connectivity index (χ1) is 10.1.